The Balaban J connectivity index is 2.41. The monoisotopic (exact) mass is 262 g/mol. The molecule has 0 saturated carbocycles. The Morgan fingerprint density at radius 1 is 1.62 bits per heavy atom. The lowest BCUT2D eigenvalue weighted by Crippen LogP contribution is -2.21. The lowest BCUT2D eigenvalue weighted by Gasteiger charge is -2.05. The molecule has 1 aromatic heterocycles. The third-order valence-electron chi connectivity index (χ3n) is 1.40. The molecule has 1 rings (SSSR count). The summed E-state index contributed by atoms with van der Waals surface area (Å²) in [5.41, 5.74) is 5.27. The van der Waals surface area contributed by atoms with E-state index in [4.69, 9.17) is 5.73 Å². The summed E-state index contributed by atoms with van der Waals surface area (Å²) in [6, 6.07) is 3.82. The number of hydrogen-bond donors (Lipinski definition) is 2. The molecule has 0 spiro atoms. The van der Waals surface area contributed by atoms with Crippen LogP contribution in [0.1, 0.15) is 0 Å². The van der Waals surface area contributed by atoms with Crippen LogP contribution in [0.2, 0.25) is 0 Å². The van der Waals surface area contributed by atoms with E-state index in [1.165, 1.54) is 11.8 Å². The van der Waals surface area contributed by atoms with Crippen LogP contribution in [0.3, 0.4) is 0 Å². The quantitative estimate of drug-likeness (QED) is 0.803. The first-order valence-corrected chi connectivity index (χ1v) is 5.62. The molecule has 0 aliphatic rings. The fourth-order valence-corrected chi connectivity index (χ4v) is 1.72. The van der Waals surface area contributed by atoms with Crippen molar-refractivity contribution in [2.24, 2.45) is 5.73 Å². The van der Waals surface area contributed by atoms with Crippen LogP contribution in [0.25, 0.3) is 0 Å². The van der Waals surface area contributed by atoms with E-state index in [9.17, 15) is 5.11 Å². The second-order valence-corrected chi connectivity index (χ2v) is 4.47. The van der Waals surface area contributed by atoms with Gasteiger partial charge in [-0.05, 0) is 28.1 Å². The SMILES string of the molecule is NCC(O)CSc1ccc(Br)cn1. The normalized spacial score (nSPS) is 12.8. The van der Waals surface area contributed by atoms with Crippen molar-refractivity contribution in [3.8, 4) is 0 Å². The Morgan fingerprint density at radius 3 is 2.92 bits per heavy atom. The van der Waals surface area contributed by atoms with Crippen molar-refractivity contribution in [1.82, 2.24) is 4.98 Å². The number of nitrogens with two attached hydrogens (primary N) is 1. The van der Waals surface area contributed by atoms with Crippen LogP contribution in [0.5, 0.6) is 0 Å². The van der Waals surface area contributed by atoms with E-state index in [0.29, 0.717) is 12.3 Å². The maximum atomic E-state index is 9.19. The van der Waals surface area contributed by atoms with E-state index in [1.54, 1.807) is 6.20 Å². The summed E-state index contributed by atoms with van der Waals surface area (Å²) in [5, 5.41) is 10.1. The number of aliphatic hydroxyl groups is 1. The van der Waals surface area contributed by atoms with Crippen molar-refractivity contribution >= 4 is 27.7 Å². The summed E-state index contributed by atoms with van der Waals surface area (Å²) in [5.74, 6) is 0.588. The minimum atomic E-state index is -0.449. The summed E-state index contributed by atoms with van der Waals surface area (Å²) in [4.78, 5) is 4.15. The van der Waals surface area contributed by atoms with E-state index >= 15 is 0 Å². The zero-order valence-electron chi connectivity index (χ0n) is 6.98. The maximum absolute atomic E-state index is 9.19. The van der Waals surface area contributed by atoms with Gasteiger partial charge in [0, 0.05) is 23.0 Å². The smallest absolute Gasteiger partial charge is 0.0961 e. The zero-order valence-corrected chi connectivity index (χ0v) is 9.38. The number of hydrogen-bond acceptors (Lipinski definition) is 4. The van der Waals surface area contributed by atoms with E-state index in [0.717, 1.165) is 9.50 Å². The topological polar surface area (TPSA) is 59.1 Å². The fraction of sp³-hybridized carbons (Fsp3) is 0.375. The highest BCUT2D eigenvalue weighted by atomic mass is 79.9. The van der Waals surface area contributed by atoms with E-state index in [-0.39, 0.29) is 0 Å². The molecule has 13 heavy (non-hydrogen) atoms. The summed E-state index contributed by atoms with van der Waals surface area (Å²) >= 11 is 4.80. The molecule has 5 heteroatoms. The average molecular weight is 263 g/mol. The number of thioether (sulfide) groups is 1. The first-order valence-electron chi connectivity index (χ1n) is 3.85. The molecule has 1 aromatic rings. The number of rotatable bonds is 4. The van der Waals surface area contributed by atoms with Gasteiger partial charge in [-0.25, -0.2) is 4.98 Å². The van der Waals surface area contributed by atoms with Crippen molar-refractivity contribution < 1.29 is 5.11 Å². The van der Waals surface area contributed by atoms with Gasteiger partial charge in [-0.2, -0.15) is 0 Å². The van der Waals surface area contributed by atoms with E-state index < -0.39 is 6.10 Å². The minimum Gasteiger partial charge on any atom is -0.391 e. The predicted octanol–water partition coefficient (Wildman–Crippen LogP) is 1.26. The van der Waals surface area contributed by atoms with Crippen LogP contribution in [0.4, 0.5) is 0 Å². The highest BCUT2D eigenvalue weighted by Crippen LogP contribution is 2.17. The fourth-order valence-electron chi connectivity index (χ4n) is 0.697. The number of pyridine rings is 1. The van der Waals surface area contributed by atoms with Gasteiger partial charge in [-0.1, -0.05) is 0 Å². The molecule has 1 unspecified atom stereocenters. The van der Waals surface area contributed by atoms with Crippen molar-refractivity contribution in [3.05, 3.63) is 22.8 Å². The first kappa shape index (κ1) is 11.0. The average Bonchev–Trinajstić information content (AvgIpc) is 2.16. The Kier molecular flexibility index (Phi) is 4.72. The standard InChI is InChI=1S/C8H11BrN2OS/c9-6-1-2-8(11-4-6)13-5-7(12)3-10/h1-2,4,7,12H,3,5,10H2. The van der Waals surface area contributed by atoms with Crippen molar-refractivity contribution in [2.45, 2.75) is 11.1 Å². The molecule has 72 valence electrons. The van der Waals surface area contributed by atoms with Gasteiger partial charge in [0.15, 0.2) is 0 Å². The molecule has 0 saturated heterocycles. The third-order valence-corrected chi connectivity index (χ3v) is 2.95. The van der Waals surface area contributed by atoms with Crippen molar-refractivity contribution in [2.75, 3.05) is 12.3 Å². The molecule has 0 aliphatic heterocycles. The third kappa shape index (κ3) is 4.08. The highest BCUT2D eigenvalue weighted by molar-refractivity contribution is 9.10. The molecule has 0 radical (unpaired) electrons. The molecule has 0 amide bonds. The summed E-state index contributed by atoms with van der Waals surface area (Å²) in [6.45, 7) is 0.295. The van der Waals surface area contributed by atoms with Gasteiger partial charge >= 0.3 is 0 Å². The number of aromatic nitrogens is 1. The lowest BCUT2D eigenvalue weighted by atomic mass is 10.4. The number of aliphatic hydroxyl groups excluding tert-OH is 1. The van der Waals surface area contributed by atoms with Crippen molar-refractivity contribution in [3.63, 3.8) is 0 Å². The van der Waals surface area contributed by atoms with Gasteiger partial charge in [-0.15, -0.1) is 11.8 Å². The highest BCUT2D eigenvalue weighted by Gasteiger charge is 2.02. The van der Waals surface area contributed by atoms with Crippen LogP contribution >= 0.6 is 27.7 Å². The van der Waals surface area contributed by atoms with Crippen molar-refractivity contribution in [1.29, 1.82) is 0 Å². The summed E-state index contributed by atoms with van der Waals surface area (Å²) < 4.78 is 0.955. The van der Waals surface area contributed by atoms with Gasteiger partial charge < -0.3 is 10.8 Å². The number of nitrogens with zero attached hydrogens (tertiary/aromatic N) is 1. The second kappa shape index (κ2) is 5.59. The van der Waals surface area contributed by atoms with Crippen LogP contribution in [0, 0.1) is 0 Å². The molecule has 1 atom stereocenters. The molecule has 1 heterocycles. The van der Waals surface area contributed by atoms with Crippen LogP contribution < -0.4 is 5.73 Å². The molecule has 0 aliphatic carbocycles. The first-order chi connectivity index (χ1) is 6.22. The Labute approximate surface area is 89.9 Å². The molecular formula is C8H11BrN2OS. The van der Waals surface area contributed by atoms with E-state index in [1.807, 2.05) is 12.1 Å². The van der Waals surface area contributed by atoms with Crippen LogP contribution in [-0.4, -0.2) is 28.5 Å². The van der Waals surface area contributed by atoms with Crippen LogP contribution in [-0.2, 0) is 0 Å². The summed E-state index contributed by atoms with van der Waals surface area (Å²) in [6.07, 6.45) is 1.28. The molecule has 3 nitrogen and oxygen atoms in total. The van der Waals surface area contributed by atoms with Gasteiger partial charge in [0.05, 0.1) is 11.1 Å². The van der Waals surface area contributed by atoms with Gasteiger partial charge in [0.2, 0.25) is 0 Å². The summed E-state index contributed by atoms with van der Waals surface area (Å²) in [7, 11) is 0. The minimum absolute atomic E-state index is 0.295. The second-order valence-electron chi connectivity index (χ2n) is 2.52. The molecule has 0 fully saturated rings. The molecule has 3 N–H and O–H groups in total. The molecule has 0 bridgehead atoms. The maximum Gasteiger partial charge on any atom is 0.0961 e. The largest absolute Gasteiger partial charge is 0.391 e. The van der Waals surface area contributed by atoms with Gasteiger partial charge in [0.1, 0.15) is 0 Å². The number of halogens is 1. The lowest BCUT2D eigenvalue weighted by molar-refractivity contribution is 0.208. The Morgan fingerprint density at radius 2 is 2.38 bits per heavy atom. The van der Waals surface area contributed by atoms with Gasteiger partial charge in [-0.3, -0.25) is 0 Å². The Hall–Kier alpha value is -0.100. The molecular weight excluding hydrogens is 252 g/mol. The van der Waals surface area contributed by atoms with Crippen LogP contribution in [0.15, 0.2) is 27.8 Å². The van der Waals surface area contributed by atoms with Gasteiger partial charge in [0.25, 0.3) is 0 Å². The van der Waals surface area contributed by atoms with E-state index in [2.05, 4.69) is 20.9 Å². The zero-order chi connectivity index (χ0) is 9.68. The Bertz CT molecular complexity index is 255. The predicted molar refractivity (Wildman–Crippen MR) is 57.7 cm³/mol. The molecule has 0 aromatic carbocycles.